The molecule has 0 radical (unpaired) electrons. The summed E-state index contributed by atoms with van der Waals surface area (Å²) in [6, 6.07) is 3.59. The average Bonchev–Trinajstić information content (AvgIpc) is 2.56. The molecule has 14 heavy (non-hydrogen) atoms. The number of nitrogens with two attached hydrogens (primary N) is 1. The van der Waals surface area contributed by atoms with E-state index in [-0.39, 0.29) is 0 Å². The topological polar surface area (TPSA) is 51.8 Å². The Hall–Kier alpha value is -0.780. The summed E-state index contributed by atoms with van der Waals surface area (Å²) in [5, 5.41) is 2.08. The van der Waals surface area contributed by atoms with Crippen LogP contribution in [0.5, 0.6) is 0 Å². The van der Waals surface area contributed by atoms with Crippen molar-refractivity contribution < 1.29 is 0 Å². The highest BCUT2D eigenvalue weighted by molar-refractivity contribution is 8.01. The molecule has 0 unspecified atom stereocenters. The second kappa shape index (κ2) is 4.16. The smallest absolute Gasteiger partial charge is 0.158 e. The zero-order valence-corrected chi connectivity index (χ0v) is 9.36. The van der Waals surface area contributed by atoms with Gasteiger partial charge in [-0.2, -0.15) is 0 Å². The van der Waals surface area contributed by atoms with Crippen LogP contribution in [0.15, 0.2) is 33.9 Å². The number of pyridine rings is 1. The summed E-state index contributed by atoms with van der Waals surface area (Å²) in [4.78, 5) is 8.25. The van der Waals surface area contributed by atoms with Crippen molar-refractivity contribution in [2.45, 2.75) is 9.37 Å². The van der Waals surface area contributed by atoms with E-state index < -0.39 is 0 Å². The molecule has 0 spiro atoms. The SMILES string of the molecule is Nc1cnc(Sc2ncccc2Cl)s1. The van der Waals surface area contributed by atoms with Crippen LogP contribution < -0.4 is 5.73 Å². The highest BCUT2D eigenvalue weighted by Crippen LogP contribution is 2.34. The number of aromatic nitrogens is 2. The third-order valence-electron chi connectivity index (χ3n) is 1.41. The Bertz CT molecular complexity index is 444. The highest BCUT2D eigenvalue weighted by atomic mass is 35.5. The first-order chi connectivity index (χ1) is 6.75. The number of thiazole rings is 1. The van der Waals surface area contributed by atoms with Gasteiger partial charge in [-0.25, -0.2) is 9.97 Å². The Kier molecular flexibility index (Phi) is 2.90. The van der Waals surface area contributed by atoms with Crippen molar-refractivity contribution >= 4 is 39.7 Å². The van der Waals surface area contributed by atoms with E-state index >= 15 is 0 Å². The van der Waals surface area contributed by atoms with Crippen molar-refractivity contribution in [2.75, 3.05) is 5.73 Å². The fraction of sp³-hybridized carbons (Fsp3) is 0. The summed E-state index contributed by atoms with van der Waals surface area (Å²) in [6.45, 7) is 0. The predicted molar refractivity (Wildman–Crippen MR) is 59.9 cm³/mol. The standard InChI is InChI=1S/C8H6ClN3S2/c9-5-2-1-3-11-7(5)14-8-12-4-6(10)13-8/h1-4H,10H2. The van der Waals surface area contributed by atoms with E-state index in [4.69, 9.17) is 17.3 Å². The van der Waals surface area contributed by atoms with Crippen LogP contribution in [0.2, 0.25) is 5.02 Å². The summed E-state index contributed by atoms with van der Waals surface area (Å²) in [7, 11) is 0. The Balaban J connectivity index is 2.23. The Morgan fingerprint density at radius 3 is 2.93 bits per heavy atom. The van der Waals surface area contributed by atoms with Gasteiger partial charge in [0.05, 0.1) is 11.2 Å². The van der Waals surface area contributed by atoms with Gasteiger partial charge in [0.1, 0.15) is 10.0 Å². The van der Waals surface area contributed by atoms with Crippen molar-refractivity contribution in [3.8, 4) is 0 Å². The lowest BCUT2D eigenvalue weighted by Crippen LogP contribution is -1.79. The van der Waals surface area contributed by atoms with Gasteiger partial charge in [-0.1, -0.05) is 22.9 Å². The van der Waals surface area contributed by atoms with Gasteiger partial charge in [-0.3, -0.25) is 0 Å². The molecule has 2 heterocycles. The lowest BCUT2D eigenvalue weighted by molar-refractivity contribution is 1.12. The minimum atomic E-state index is 0.631. The van der Waals surface area contributed by atoms with Gasteiger partial charge in [-0.05, 0) is 23.9 Å². The van der Waals surface area contributed by atoms with Gasteiger partial charge in [0.25, 0.3) is 0 Å². The van der Waals surface area contributed by atoms with Crippen molar-refractivity contribution in [3.05, 3.63) is 29.5 Å². The van der Waals surface area contributed by atoms with Gasteiger partial charge in [0, 0.05) is 6.20 Å². The third-order valence-corrected chi connectivity index (χ3v) is 3.75. The van der Waals surface area contributed by atoms with Gasteiger partial charge < -0.3 is 5.73 Å². The van der Waals surface area contributed by atoms with Crippen molar-refractivity contribution in [1.82, 2.24) is 9.97 Å². The Labute approximate surface area is 94.3 Å². The summed E-state index contributed by atoms with van der Waals surface area (Å²) in [5.74, 6) is 0. The van der Waals surface area contributed by atoms with Crippen LogP contribution in [0.4, 0.5) is 5.00 Å². The molecule has 0 atom stereocenters. The number of nitrogen functional groups attached to an aromatic ring is 1. The average molecular weight is 244 g/mol. The lowest BCUT2D eigenvalue weighted by atomic mass is 10.5. The number of hydrogen-bond donors (Lipinski definition) is 1. The molecule has 0 aliphatic rings. The fourth-order valence-electron chi connectivity index (χ4n) is 0.846. The molecule has 3 nitrogen and oxygen atoms in total. The Morgan fingerprint density at radius 1 is 1.43 bits per heavy atom. The van der Waals surface area contributed by atoms with Crippen LogP contribution in [0.25, 0.3) is 0 Å². The third kappa shape index (κ3) is 2.17. The maximum absolute atomic E-state index is 5.94. The lowest BCUT2D eigenvalue weighted by Gasteiger charge is -1.97. The van der Waals surface area contributed by atoms with Gasteiger partial charge >= 0.3 is 0 Å². The quantitative estimate of drug-likeness (QED) is 0.881. The van der Waals surface area contributed by atoms with E-state index in [2.05, 4.69) is 9.97 Å². The zero-order valence-electron chi connectivity index (χ0n) is 6.98. The molecule has 2 aromatic rings. The molecular formula is C8H6ClN3S2. The molecule has 2 aromatic heterocycles. The summed E-state index contributed by atoms with van der Waals surface area (Å²) in [5.41, 5.74) is 5.56. The molecule has 0 saturated carbocycles. The molecule has 0 aliphatic heterocycles. The normalized spacial score (nSPS) is 10.4. The molecule has 0 saturated heterocycles. The fourth-order valence-corrected chi connectivity index (χ4v) is 2.74. The number of hydrogen-bond acceptors (Lipinski definition) is 5. The van der Waals surface area contributed by atoms with Gasteiger partial charge in [-0.15, -0.1) is 0 Å². The highest BCUT2D eigenvalue weighted by Gasteiger charge is 2.06. The molecule has 0 bridgehead atoms. The van der Waals surface area contributed by atoms with Crippen LogP contribution in [-0.2, 0) is 0 Å². The van der Waals surface area contributed by atoms with E-state index in [0.717, 1.165) is 9.37 Å². The zero-order chi connectivity index (χ0) is 9.97. The van der Waals surface area contributed by atoms with Crippen molar-refractivity contribution in [1.29, 1.82) is 0 Å². The molecule has 0 fully saturated rings. The van der Waals surface area contributed by atoms with E-state index in [0.29, 0.717) is 10.0 Å². The van der Waals surface area contributed by atoms with Crippen molar-refractivity contribution in [3.63, 3.8) is 0 Å². The Morgan fingerprint density at radius 2 is 2.29 bits per heavy atom. The van der Waals surface area contributed by atoms with Crippen molar-refractivity contribution in [2.24, 2.45) is 0 Å². The van der Waals surface area contributed by atoms with Crippen LogP contribution in [-0.4, -0.2) is 9.97 Å². The first-order valence-corrected chi connectivity index (χ1v) is 5.76. The maximum Gasteiger partial charge on any atom is 0.158 e. The minimum absolute atomic E-state index is 0.631. The van der Waals surface area contributed by atoms with Gasteiger partial charge in [0.15, 0.2) is 4.34 Å². The summed E-state index contributed by atoms with van der Waals surface area (Å²) in [6.07, 6.45) is 3.33. The first-order valence-electron chi connectivity index (χ1n) is 3.75. The number of halogens is 1. The van der Waals surface area contributed by atoms with E-state index in [1.807, 2.05) is 0 Å². The number of nitrogens with zero attached hydrogens (tertiary/aromatic N) is 2. The second-order valence-corrected chi connectivity index (χ2v) is 5.13. The molecule has 2 rings (SSSR count). The number of anilines is 1. The van der Waals surface area contributed by atoms with Crippen LogP contribution >= 0.6 is 34.7 Å². The number of rotatable bonds is 2. The van der Waals surface area contributed by atoms with E-state index in [1.165, 1.54) is 23.1 Å². The molecule has 2 N–H and O–H groups in total. The van der Waals surface area contributed by atoms with Crippen LogP contribution in [0.3, 0.4) is 0 Å². The molecule has 0 aromatic carbocycles. The minimum Gasteiger partial charge on any atom is -0.389 e. The summed E-state index contributed by atoms with van der Waals surface area (Å²) < 4.78 is 0.850. The maximum atomic E-state index is 5.94. The molecular weight excluding hydrogens is 238 g/mol. The predicted octanol–water partition coefficient (Wildman–Crippen LogP) is 2.92. The monoisotopic (exact) mass is 243 g/mol. The van der Waals surface area contributed by atoms with E-state index in [1.54, 1.807) is 24.5 Å². The van der Waals surface area contributed by atoms with E-state index in [9.17, 15) is 0 Å². The molecule has 6 heteroatoms. The summed E-state index contributed by atoms with van der Waals surface area (Å²) >= 11 is 8.78. The van der Waals surface area contributed by atoms with Crippen LogP contribution in [0.1, 0.15) is 0 Å². The molecule has 0 aliphatic carbocycles. The van der Waals surface area contributed by atoms with Gasteiger partial charge in [0.2, 0.25) is 0 Å². The molecule has 72 valence electrons. The first kappa shape index (κ1) is 9.76. The second-order valence-electron chi connectivity index (χ2n) is 2.42. The molecule has 0 amide bonds. The largest absolute Gasteiger partial charge is 0.389 e. The van der Waals surface area contributed by atoms with Crippen LogP contribution in [0, 0.1) is 0 Å².